The number of nitrogens with zero attached hydrogens (tertiary/aromatic N) is 2. The van der Waals surface area contributed by atoms with Gasteiger partial charge < -0.3 is 15.4 Å². The van der Waals surface area contributed by atoms with E-state index >= 15 is 0 Å². The first kappa shape index (κ1) is 16.9. The highest BCUT2D eigenvalue weighted by Gasteiger charge is 2.35. The predicted octanol–water partition coefficient (Wildman–Crippen LogP) is 3.45. The van der Waals surface area contributed by atoms with Crippen molar-refractivity contribution in [2.75, 3.05) is 19.6 Å². The number of rotatable bonds is 4. The smallest absolute Gasteiger partial charge is 0.255 e. The molecule has 3 rings (SSSR count). The largest absolute Gasteiger partial charge is 0.439 e. The topological polar surface area (TPSA) is 68.5 Å². The molecule has 1 unspecified atom stereocenters. The molecular formula is C18H20BrN3O2. The maximum absolute atomic E-state index is 12.6. The van der Waals surface area contributed by atoms with Crippen molar-refractivity contribution in [3.63, 3.8) is 0 Å². The van der Waals surface area contributed by atoms with Crippen molar-refractivity contribution in [1.82, 2.24) is 9.88 Å². The van der Waals surface area contributed by atoms with E-state index in [1.165, 1.54) is 0 Å². The SMILES string of the molecule is CC1(CN)CCN(C(=O)c2ccc(Oc3cccc(Br)c3)nc2)C1. The van der Waals surface area contributed by atoms with Gasteiger partial charge in [-0.3, -0.25) is 4.79 Å². The molecule has 1 aliphatic rings. The molecule has 24 heavy (non-hydrogen) atoms. The second-order valence-corrected chi connectivity index (χ2v) is 7.35. The summed E-state index contributed by atoms with van der Waals surface area (Å²) >= 11 is 3.40. The predicted molar refractivity (Wildman–Crippen MR) is 96.1 cm³/mol. The molecule has 0 radical (unpaired) electrons. The molecule has 1 aliphatic heterocycles. The van der Waals surface area contributed by atoms with E-state index in [4.69, 9.17) is 10.5 Å². The van der Waals surface area contributed by atoms with Gasteiger partial charge in [-0.2, -0.15) is 0 Å². The van der Waals surface area contributed by atoms with Crippen LogP contribution in [0.15, 0.2) is 47.1 Å². The van der Waals surface area contributed by atoms with Crippen molar-refractivity contribution >= 4 is 21.8 Å². The van der Waals surface area contributed by atoms with E-state index < -0.39 is 0 Å². The average Bonchev–Trinajstić information content (AvgIpc) is 2.98. The summed E-state index contributed by atoms with van der Waals surface area (Å²) in [7, 11) is 0. The second-order valence-electron chi connectivity index (χ2n) is 6.44. The second kappa shape index (κ2) is 6.91. The van der Waals surface area contributed by atoms with E-state index in [0.29, 0.717) is 30.3 Å². The maximum Gasteiger partial charge on any atom is 0.255 e. The third-order valence-electron chi connectivity index (χ3n) is 4.34. The number of hydrogen-bond donors (Lipinski definition) is 1. The standard InChI is InChI=1S/C18H20BrN3O2/c1-18(11-20)7-8-22(12-18)17(23)13-5-6-16(21-10-13)24-15-4-2-3-14(19)9-15/h2-6,9-10H,7-8,11-12,20H2,1H3. The summed E-state index contributed by atoms with van der Waals surface area (Å²) in [6.45, 7) is 4.14. The molecule has 1 amide bonds. The summed E-state index contributed by atoms with van der Waals surface area (Å²) in [4.78, 5) is 18.7. The quantitative estimate of drug-likeness (QED) is 0.869. The Morgan fingerprint density at radius 3 is 2.88 bits per heavy atom. The van der Waals surface area contributed by atoms with E-state index in [1.54, 1.807) is 18.3 Å². The third kappa shape index (κ3) is 3.76. The highest BCUT2D eigenvalue weighted by Crippen LogP contribution is 2.29. The van der Waals surface area contributed by atoms with E-state index in [0.717, 1.165) is 17.4 Å². The van der Waals surface area contributed by atoms with Crippen molar-refractivity contribution in [3.8, 4) is 11.6 Å². The Labute approximate surface area is 149 Å². The Bertz CT molecular complexity index is 735. The lowest BCUT2D eigenvalue weighted by Crippen LogP contribution is -2.34. The average molecular weight is 390 g/mol. The zero-order chi connectivity index (χ0) is 17.2. The fourth-order valence-corrected chi connectivity index (χ4v) is 3.14. The van der Waals surface area contributed by atoms with Gasteiger partial charge in [-0.05, 0) is 42.6 Å². The van der Waals surface area contributed by atoms with Crippen molar-refractivity contribution in [2.24, 2.45) is 11.1 Å². The van der Waals surface area contributed by atoms with Crippen molar-refractivity contribution in [2.45, 2.75) is 13.3 Å². The molecule has 2 heterocycles. The van der Waals surface area contributed by atoms with Gasteiger partial charge >= 0.3 is 0 Å². The van der Waals surface area contributed by atoms with Gasteiger partial charge in [0, 0.05) is 29.8 Å². The Morgan fingerprint density at radius 1 is 1.42 bits per heavy atom. The molecule has 2 aromatic rings. The zero-order valence-corrected chi connectivity index (χ0v) is 15.1. The van der Waals surface area contributed by atoms with Gasteiger partial charge in [0.25, 0.3) is 5.91 Å². The van der Waals surface area contributed by atoms with Crippen LogP contribution in [0.25, 0.3) is 0 Å². The number of carbonyl (C=O) groups is 1. The zero-order valence-electron chi connectivity index (χ0n) is 13.5. The Hall–Kier alpha value is -1.92. The minimum atomic E-state index is -0.00585. The van der Waals surface area contributed by atoms with E-state index in [9.17, 15) is 4.79 Å². The number of ether oxygens (including phenoxy) is 1. The first-order valence-corrected chi connectivity index (χ1v) is 8.67. The van der Waals surface area contributed by atoms with E-state index in [2.05, 4.69) is 27.8 Å². The summed E-state index contributed by atoms with van der Waals surface area (Å²) in [5.41, 5.74) is 6.39. The van der Waals surface area contributed by atoms with Crippen LogP contribution in [0.5, 0.6) is 11.6 Å². The molecule has 0 spiro atoms. The van der Waals surface area contributed by atoms with Crippen LogP contribution in [0.3, 0.4) is 0 Å². The minimum Gasteiger partial charge on any atom is -0.439 e. The van der Waals surface area contributed by atoms with Crippen LogP contribution in [0.2, 0.25) is 0 Å². The molecule has 1 atom stereocenters. The Balaban J connectivity index is 1.67. The number of amides is 1. The summed E-state index contributed by atoms with van der Waals surface area (Å²) in [5.74, 6) is 1.14. The van der Waals surface area contributed by atoms with Gasteiger partial charge in [0.1, 0.15) is 5.75 Å². The number of benzene rings is 1. The summed E-state index contributed by atoms with van der Waals surface area (Å²) in [6.07, 6.45) is 2.50. The number of aromatic nitrogens is 1. The first-order chi connectivity index (χ1) is 11.5. The molecule has 0 aliphatic carbocycles. The lowest BCUT2D eigenvalue weighted by atomic mass is 9.90. The van der Waals surface area contributed by atoms with Crippen molar-refractivity contribution in [3.05, 3.63) is 52.6 Å². The number of likely N-dealkylation sites (tertiary alicyclic amines) is 1. The molecule has 5 nitrogen and oxygen atoms in total. The van der Waals surface area contributed by atoms with Gasteiger partial charge in [0.2, 0.25) is 5.88 Å². The molecule has 6 heteroatoms. The molecular weight excluding hydrogens is 370 g/mol. The van der Waals surface area contributed by atoms with Gasteiger partial charge in [-0.1, -0.05) is 28.9 Å². The molecule has 126 valence electrons. The number of nitrogens with two attached hydrogens (primary N) is 1. The van der Waals surface area contributed by atoms with Gasteiger partial charge in [-0.25, -0.2) is 4.98 Å². The molecule has 0 saturated carbocycles. The fourth-order valence-electron chi connectivity index (χ4n) is 2.76. The van der Waals surface area contributed by atoms with Crippen LogP contribution < -0.4 is 10.5 Å². The number of pyridine rings is 1. The maximum atomic E-state index is 12.6. The first-order valence-electron chi connectivity index (χ1n) is 7.88. The monoisotopic (exact) mass is 389 g/mol. The lowest BCUT2D eigenvalue weighted by molar-refractivity contribution is 0.0776. The number of halogens is 1. The van der Waals surface area contributed by atoms with Crippen molar-refractivity contribution < 1.29 is 9.53 Å². The summed E-state index contributed by atoms with van der Waals surface area (Å²) < 4.78 is 6.62. The molecule has 1 aromatic carbocycles. The van der Waals surface area contributed by atoms with Crippen LogP contribution in [0.1, 0.15) is 23.7 Å². The molecule has 1 fully saturated rings. The van der Waals surface area contributed by atoms with Crippen LogP contribution in [0, 0.1) is 5.41 Å². The van der Waals surface area contributed by atoms with Gasteiger partial charge in [-0.15, -0.1) is 0 Å². The highest BCUT2D eigenvalue weighted by atomic mass is 79.9. The molecule has 1 aromatic heterocycles. The molecule has 1 saturated heterocycles. The fraction of sp³-hybridized carbons (Fsp3) is 0.333. The highest BCUT2D eigenvalue weighted by molar-refractivity contribution is 9.10. The third-order valence-corrected chi connectivity index (χ3v) is 4.83. The minimum absolute atomic E-state index is 0.00585. The molecule has 0 bridgehead atoms. The van der Waals surface area contributed by atoms with Crippen LogP contribution in [0.4, 0.5) is 0 Å². The Kier molecular flexibility index (Phi) is 4.87. The Morgan fingerprint density at radius 2 is 2.25 bits per heavy atom. The normalized spacial score (nSPS) is 20.2. The summed E-state index contributed by atoms with van der Waals surface area (Å²) in [5, 5.41) is 0. The van der Waals surface area contributed by atoms with E-state index in [-0.39, 0.29) is 11.3 Å². The van der Waals surface area contributed by atoms with Crippen molar-refractivity contribution in [1.29, 1.82) is 0 Å². The summed E-state index contributed by atoms with van der Waals surface area (Å²) in [6, 6.07) is 11.0. The van der Waals surface area contributed by atoms with E-state index in [1.807, 2.05) is 29.2 Å². The van der Waals surface area contributed by atoms with Crippen LogP contribution in [-0.2, 0) is 0 Å². The number of carbonyl (C=O) groups excluding carboxylic acids is 1. The van der Waals surface area contributed by atoms with Gasteiger partial charge in [0.05, 0.1) is 5.56 Å². The molecule has 2 N–H and O–H groups in total. The number of hydrogen-bond acceptors (Lipinski definition) is 4. The van der Waals surface area contributed by atoms with Crippen LogP contribution >= 0.6 is 15.9 Å². The van der Waals surface area contributed by atoms with Crippen LogP contribution in [-0.4, -0.2) is 35.4 Å². The van der Waals surface area contributed by atoms with Gasteiger partial charge in [0.15, 0.2) is 0 Å². The lowest BCUT2D eigenvalue weighted by Gasteiger charge is -2.22.